The molecule has 166 valence electrons. The summed E-state index contributed by atoms with van der Waals surface area (Å²) in [5, 5.41) is 7.85. The van der Waals surface area contributed by atoms with Crippen molar-refractivity contribution in [1.29, 1.82) is 0 Å². The number of nitrogens with one attached hydrogen (secondary N) is 3. The van der Waals surface area contributed by atoms with Crippen LogP contribution in [0.4, 0.5) is 4.39 Å². The maximum atomic E-state index is 13.4. The Kier molecular flexibility index (Phi) is 8.43. The van der Waals surface area contributed by atoms with Crippen LogP contribution in [0.5, 0.6) is 11.6 Å². The van der Waals surface area contributed by atoms with Gasteiger partial charge in [0.05, 0.1) is 0 Å². The topological polar surface area (TPSA) is 74.3 Å². The number of pyridine rings is 1. The molecule has 2 aromatic carbocycles. The van der Waals surface area contributed by atoms with Gasteiger partial charge in [-0.25, -0.2) is 9.37 Å². The van der Waals surface area contributed by atoms with E-state index >= 15 is 0 Å². The van der Waals surface area contributed by atoms with Gasteiger partial charge in [-0.1, -0.05) is 30.3 Å². The first kappa shape index (κ1) is 23.5. The highest BCUT2D eigenvalue weighted by Crippen LogP contribution is 2.23. The number of hydrogen-bond donors (Lipinski definition) is 3. The molecule has 3 N–H and O–H groups in total. The minimum Gasteiger partial charge on any atom is -0.439 e. The summed E-state index contributed by atoms with van der Waals surface area (Å²) < 4.78 is 19.2. The average Bonchev–Trinajstić information content (AvgIpc) is 3.20. The van der Waals surface area contributed by atoms with Gasteiger partial charge in [0.15, 0.2) is 5.96 Å². The third-order valence-electron chi connectivity index (χ3n) is 4.89. The molecule has 2 aromatic heterocycles. The van der Waals surface area contributed by atoms with E-state index in [1.165, 1.54) is 23.1 Å². The maximum Gasteiger partial charge on any atom is 0.224 e. The highest BCUT2D eigenvalue weighted by molar-refractivity contribution is 14.0. The van der Waals surface area contributed by atoms with Crippen molar-refractivity contribution in [3.63, 3.8) is 0 Å². The van der Waals surface area contributed by atoms with E-state index in [9.17, 15) is 4.39 Å². The molecule has 0 unspecified atom stereocenters. The molecule has 0 aliphatic heterocycles. The second-order valence-electron chi connectivity index (χ2n) is 6.99. The van der Waals surface area contributed by atoms with Crippen LogP contribution in [-0.4, -0.2) is 29.5 Å². The minimum absolute atomic E-state index is 0. The Labute approximate surface area is 203 Å². The number of H-pyrrole nitrogens is 1. The first-order valence-corrected chi connectivity index (χ1v) is 10.1. The van der Waals surface area contributed by atoms with Crippen LogP contribution in [0.25, 0.3) is 10.9 Å². The van der Waals surface area contributed by atoms with Crippen LogP contribution in [0.15, 0.2) is 78.0 Å². The summed E-state index contributed by atoms with van der Waals surface area (Å²) in [5.41, 5.74) is 3.24. The van der Waals surface area contributed by atoms with Gasteiger partial charge in [-0.3, -0.25) is 4.99 Å². The van der Waals surface area contributed by atoms with E-state index in [0.717, 1.165) is 24.0 Å². The molecule has 0 spiro atoms. The molecular weight excluding hydrogens is 520 g/mol. The quantitative estimate of drug-likeness (QED) is 0.173. The summed E-state index contributed by atoms with van der Waals surface area (Å²) in [6.45, 7) is 1.20. The van der Waals surface area contributed by atoms with Crippen LogP contribution in [0, 0.1) is 5.82 Å². The molecular formula is C24H25FIN5O. The lowest BCUT2D eigenvalue weighted by Gasteiger charge is -2.14. The molecule has 0 aliphatic rings. The van der Waals surface area contributed by atoms with Gasteiger partial charge in [-0.2, -0.15) is 0 Å². The number of aromatic amines is 1. The van der Waals surface area contributed by atoms with E-state index in [0.29, 0.717) is 24.1 Å². The molecule has 4 rings (SSSR count). The van der Waals surface area contributed by atoms with Crippen molar-refractivity contribution in [3.05, 3.63) is 90.0 Å². The smallest absolute Gasteiger partial charge is 0.224 e. The number of rotatable bonds is 7. The fourth-order valence-corrected chi connectivity index (χ4v) is 3.35. The molecule has 4 aromatic rings. The van der Waals surface area contributed by atoms with E-state index < -0.39 is 0 Å². The zero-order chi connectivity index (χ0) is 21.5. The van der Waals surface area contributed by atoms with Crippen LogP contribution >= 0.6 is 24.0 Å². The molecule has 8 heteroatoms. The lowest BCUT2D eigenvalue weighted by atomic mass is 10.1. The second-order valence-corrected chi connectivity index (χ2v) is 6.99. The Balaban J connectivity index is 0.00000289. The Morgan fingerprint density at radius 1 is 1.06 bits per heavy atom. The molecule has 2 heterocycles. The summed E-state index contributed by atoms with van der Waals surface area (Å²) in [6, 6.07) is 18.0. The van der Waals surface area contributed by atoms with E-state index in [1.807, 2.05) is 30.5 Å². The van der Waals surface area contributed by atoms with Crippen molar-refractivity contribution in [2.45, 2.75) is 13.0 Å². The highest BCUT2D eigenvalue weighted by atomic mass is 127. The lowest BCUT2D eigenvalue weighted by molar-refractivity contribution is 0.450. The second kappa shape index (κ2) is 11.5. The van der Waals surface area contributed by atoms with Gasteiger partial charge in [-0.05, 0) is 36.2 Å². The third kappa shape index (κ3) is 5.97. The summed E-state index contributed by atoms with van der Waals surface area (Å²) >= 11 is 0. The Morgan fingerprint density at radius 2 is 1.94 bits per heavy atom. The number of aliphatic imine (C=N–C) groups is 1. The SMILES string of the molecule is CN=C(NCCc1c[nH]c2ccccc12)NCc1cccnc1Oc1cccc(F)c1.I. The number of guanidine groups is 1. The molecule has 0 saturated heterocycles. The first-order chi connectivity index (χ1) is 15.2. The fourth-order valence-electron chi connectivity index (χ4n) is 3.35. The summed E-state index contributed by atoms with van der Waals surface area (Å²) in [6.07, 6.45) is 4.56. The molecule has 0 fully saturated rings. The van der Waals surface area contributed by atoms with Crippen molar-refractivity contribution in [1.82, 2.24) is 20.6 Å². The Bertz CT molecular complexity index is 1190. The predicted molar refractivity (Wildman–Crippen MR) is 136 cm³/mol. The van der Waals surface area contributed by atoms with Crippen LogP contribution < -0.4 is 15.4 Å². The Morgan fingerprint density at radius 3 is 2.78 bits per heavy atom. The molecule has 0 bridgehead atoms. The van der Waals surface area contributed by atoms with Crippen molar-refractivity contribution in [2.75, 3.05) is 13.6 Å². The number of nitrogens with zero attached hydrogens (tertiary/aromatic N) is 2. The average molecular weight is 545 g/mol. The number of fused-ring (bicyclic) bond motifs is 1. The van der Waals surface area contributed by atoms with Gasteiger partial charge in [-0.15, -0.1) is 24.0 Å². The number of para-hydroxylation sites is 1. The largest absolute Gasteiger partial charge is 0.439 e. The van der Waals surface area contributed by atoms with E-state index in [-0.39, 0.29) is 29.8 Å². The molecule has 32 heavy (non-hydrogen) atoms. The third-order valence-corrected chi connectivity index (χ3v) is 4.89. The standard InChI is InChI=1S/C24H24FN5O.HI/c1-26-24(28-13-11-17-15-29-22-10-3-2-9-21(17)22)30-16-18-6-5-12-27-23(18)31-20-8-4-7-19(25)14-20;/h2-10,12,14-15,29H,11,13,16H2,1H3,(H2,26,28,30);1H. The first-order valence-electron chi connectivity index (χ1n) is 10.1. The summed E-state index contributed by atoms with van der Waals surface area (Å²) in [7, 11) is 1.73. The molecule has 0 aliphatic carbocycles. The molecule has 0 atom stereocenters. The van der Waals surface area contributed by atoms with Gasteiger partial charge in [0.2, 0.25) is 5.88 Å². The fraction of sp³-hybridized carbons (Fsp3) is 0.167. The van der Waals surface area contributed by atoms with Crippen molar-refractivity contribution in [2.24, 2.45) is 4.99 Å². The van der Waals surface area contributed by atoms with Crippen LogP contribution in [0.3, 0.4) is 0 Å². The van der Waals surface area contributed by atoms with Crippen molar-refractivity contribution < 1.29 is 9.13 Å². The van der Waals surface area contributed by atoms with Crippen molar-refractivity contribution >= 4 is 40.8 Å². The summed E-state index contributed by atoms with van der Waals surface area (Å²) in [4.78, 5) is 11.9. The van der Waals surface area contributed by atoms with Gasteiger partial charge >= 0.3 is 0 Å². The Hall–Kier alpha value is -3.14. The monoisotopic (exact) mass is 545 g/mol. The molecule has 6 nitrogen and oxygen atoms in total. The van der Waals surface area contributed by atoms with E-state index in [4.69, 9.17) is 4.74 Å². The van der Waals surface area contributed by atoms with Gasteiger partial charge in [0, 0.05) is 55.1 Å². The molecule has 0 saturated carbocycles. The van der Waals surface area contributed by atoms with Crippen LogP contribution in [-0.2, 0) is 13.0 Å². The number of aromatic nitrogens is 2. The van der Waals surface area contributed by atoms with Gasteiger partial charge in [0.1, 0.15) is 11.6 Å². The van der Waals surface area contributed by atoms with E-state index in [1.54, 1.807) is 25.4 Å². The number of hydrogen-bond acceptors (Lipinski definition) is 3. The van der Waals surface area contributed by atoms with Gasteiger partial charge < -0.3 is 20.4 Å². The van der Waals surface area contributed by atoms with Crippen LogP contribution in [0.2, 0.25) is 0 Å². The van der Waals surface area contributed by atoms with E-state index in [2.05, 4.69) is 37.7 Å². The number of benzene rings is 2. The molecule has 0 radical (unpaired) electrons. The zero-order valence-corrected chi connectivity index (χ0v) is 20.0. The van der Waals surface area contributed by atoms with Gasteiger partial charge in [0.25, 0.3) is 0 Å². The number of halogens is 2. The summed E-state index contributed by atoms with van der Waals surface area (Å²) in [5.74, 6) is 1.16. The lowest BCUT2D eigenvalue weighted by Crippen LogP contribution is -2.37. The minimum atomic E-state index is -0.354. The predicted octanol–water partition coefficient (Wildman–Crippen LogP) is 5.02. The van der Waals surface area contributed by atoms with Crippen molar-refractivity contribution in [3.8, 4) is 11.6 Å². The highest BCUT2D eigenvalue weighted by Gasteiger charge is 2.08. The zero-order valence-electron chi connectivity index (χ0n) is 17.6. The molecule has 0 amide bonds. The normalized spacial score (nSPS) is 11.1. The van der Waals surface area contributed by atoms with Crippen LogP contribution in [0.1, 0.15) is 11.1 Å². The number of ether oxygens (including phenoxy) is 1. The maximum absolute atomic E-state index is 13.4.